The number of fused-ring (bicyclic) bond motifs is 5. The van der Waals surface area contributed by atoms with Crippen molar-refractivity contribution in [3.8, 4) is 0 Å². The highest BCUT2D eigenvalue weighted by molar-refractivity contribution is 5.84. The highest BCUT2D eigenvalue weighted by Gasteiger charge is 2.72. The summed E-state index contributed by atoms with van der Waals surface area (Å²) in [5, 5.41) is 0. The van der Waals surface area contributed by atoms with Gasteiger partial charge in [-0.15, -0.1) is 0 Å². The monoisotopic (exact) mass is 398 g/mol. The molecule has 1 heterocycles. The number of carbonyl (C=O) groups excluding carboxylic acids is 1. The number of carbonyl (C=O) groups is 1. The Labute approximate surface area is 177 Å². The number of ether oxygens (including phenoxy) is 1. The molecule has 0 aromatic rings. The molecule has 0 amide bonds. The summed E-state index contributed by atoms with van der Waals surface area (Å²) in [4.78, 5) is 12.7. The lowest BCUT2D eigenvalue weighted by atomic mass is 9.33. The maximum absolute atomic E-state index is 12.7. The van der Waals surface area contributed by atoms with Crippen LogP contribution in [0, 0.1) is 50.7 Å². The molecule has 0 unspecified atom stereocenters. The van der Waals surface area contributed by atoms with Crippen LogP contribution in [-0.2, 0) is 9.53 Å². The van der Waals surface area contributed by atoms with Gasteiger partial charge in [0, 0.05) is 12.3 Å². The van der Waals surface area contributed by atoms with E-state index in [1.807, 2.05) is 0 Å². The van der Waals surface area contributed by atoms with Gasteiger partial charge in [-0.05, 0) is 103 Å². The molecule has 2 nitrogen and oxygen atoms in total. The number of hydrogen-bond donors (Lipinski definition) is 0. The molecule has 5 saturated carbocycles. The lowest BCUT2D eigenvalue weighted by Crippen LogP contribution is -2.65. The molecular weight excluding hydrogens is 356 g/mol. The highest BCUT2D eigenvalue weighted by Crippen LogP contribution is 2.77. The number of Topliss-reactive ketones (excluding diaryl/α,β-unsaturated/α-hetero) is 1. The SMILES string of the molecule is CC1(C)CC[C@]23CC[C@]4(C)[C@H](CC[C@@H]5[C@@]6(C)CCC(=O)[C@H]6CC[C@]54C)[C@@H]2[C@H]1OC3. The van der Waals surface area contributed by atoms with Crippen molar-refractivity contribution in [2.75, 3.05) is 6.61 Å². The summed E-state index contributed by atoms with van der Waals surface area (Å²) >= 11 is 0. The van der Waals surface area contributed by atoms with Crippen LogP contribution >= 0.6 is 0 Å². The summed E-state index contributed by atoms with van der Waals surface area (Å²) in [6.07, 6.45) is 13.2. The van der Waals surface area contributed by atoms with Gasteiger partial charge in [0.05, 0.1) is 12.7 Å². The summed E-state index contributed by atoms with van der Waals surface area (Å²) in [5.74, 6) is 3.29. The van der Waals surface area contributed by atoms with E-state index in [0.29, 0.717) is 39.5 Å². The standard InChI is InChI=1S/C27H42O2/c1-23(2)12-14-27-15-13-25(4)18(21(27)22(23)29-16-27)6-7-20-24(3)10-9-19(28)17(24)8-11-26(20,25)5/h17-18,20-22H,6-16H2,1-5H3/t17-,18-,20-,21-,22-,24+,25-,26-,27-/m1/s1. The van der Waals surface area contributed by atoms with Gasteiger partial charge in [0.2, 0.25) is 0 Å². The normalized spacial score (nSPS) is 60.2. The van der Waals surface area contributed by atoms with Gasteiger partial charge in [-0.1, -0.05) is 34.6 Å². The molecule has 1 saturated heterocycles. The van der Waals surface area contributed by atoms with E-state index in [9.17, 15) is 4.79 Å². The maximum Gasteiger partial charge on any atom is 0.136 e. The minimum Gasteiger partial charge on any atom is -0.377 e. The van der Waals surface area contributed by atoms with Crippen molar-refractivity contribution in [2.45, 2.75) is 105 Å². The fourth-order valence-corrected chi connectivity index (χ4v) is 10.8. The molecule has 5 aliphatic carbocycles. The van der Waals surface area contributed by atoms with Crippen LogP contribution in [0.2, 0.25) is 0 Å². The van der Waals surface area contributed by atoms with Crippen molar-refractivity contribution in [1.29, 1.82) is 0 Å². The number of hydrogen-bond acceptors (Lipinski definition) is 2. The fourth-order valence-electron chi connectivity index (χ4n) is 10.8. The van der Waals surface area contributed by atoms with Gasteiger partial charge in [-0.3, -0.25) is 4.79 Å². The molecule has 2 heteroatoms. The predicted octanol–water partition coefficient (Wildman–Crippen LogP) is 6.42. The maximum atomic E-state index is 12.7. The molecule has 9 atom stereocenters. The highest BCUT2D eigenvalue weighted by atomic mass is 16.5. The molecule has 0 N–H and O–H groups in total. The van der Waals surface area contributed by atoms with Gasteiger partial charge in [0.15, 0.2) is 0 Å². The Kier molecular flexibility index (Phi) is 3.67. The summed E-state index contributed by atoms with van der Waals surface area (Å²) in [6.45, 7) is 13.9. The quantitative estimate of drug-likeness (QED) is 0.470. The third-order valence-electron chi connectivity index (χ3n) is 12.7. The average molecular weight is 399 g/mol. The van der Waals surface area contributed by atoms with Crippen LogP contribution in [0.1, 0.15) is 98.8 Å². The molecule has 0 aromatic heterocycles. The van der Waals surface area contributed by atoms with Crippen LogP contribution in [-0.4, -0.2) is 18.5 Å². The first-order chi connectivity index (χ1) is 13.6. The summed E-state index contributed by atoms with van der Waals surface area (Å²) in [7, 11) is 0. The Morgan fingerprint density at radius 3 is 2.38 bits per heavy atom. The van der Waals surface area contributed by atoms with E-state index in [-0.39, 0.29) is 5.41 Å². The first-order valence-electron chi connectivity index (χ1n) is 12.7. The fraction of sp³-hybridized carbons (Fsp3) is 0.963. The van der Waals surface area contributed by atoms with Crippen molar-refractivity contribution in [2.24, 2.45) is 50.7 Å². The Bertz CT molecular complexity index is 756. The van der Waals surface area contributed by atoms with Gasteiger partial charge in [0.25, 0.3) is 0 Å². The molecule has 0 radical (unpaired) electrons. The second-order valence-electron chi connectivity index (χ2n) is 13.7. The topological polar surface area (TPSA) is 26.3 Å². The molecule has 6 rings (SSSR count). The minimum absolute atomic E-state index is 0.272. The Morgan fingerprint density at radius 1 is 0.828 bits per heavy atom. The lowest BCUT2D eigenvalue weighted by molar-refractivity contribution is -0.221. The number of ketones is 1. The summed E-state index contributed by atoms with van der Waals surface area (Å²) in [5.41, 5.74) is 1.91. The van der Waals surface area contributed by atoms with Crippen molar-refractivity contribution in [3.63, 3.8) is 0 Å². The van der Waals surface area contributed by atoms with Crippen LogP contribution in [0.3, 0.4) is 0 Å². The van der Waals surface area contributed by atoms with Crippen molar-refractivity contribution < 1.29 is 9.53 Å². The smallest absolute Gasteiger partial charge is 0.136 e. The Hall–Kier alpha value is -0.370. The molecule has 6 aliphatic rings. The van der Waals surface area contributed by atoms with Gasteiger partial charge in [-0.2, -0.15) is 0 Å². The molecule has 6 fully saturated rings. The van der Waals surface area contributed by atoms with Crippen molar-refractivity contribution in [3.05, 3.63) is 0 Å². The molecule has 2 bridgehead atoms. The van der Waals surface area contributed by atoms with Crippen LogP contribution in [0.5, 0.6) is 0 Å². The number of rotatable bonds is 0. The minimum atomic E-state index is 0.272. The molecule has 0 aromatic carbocycles. The zero-order valence-corrected chi connectivity index (χ0v) is 19.5. The van der Waals surface area contributed by atoms with E-state index in [1.54, 1.807) is 0 Å². The van der Waals surface area contributed by atoms with Gasteiger partial charge in [-0.25, -0.2) is 0 Å². The Morgan fingerprint density at radius 2 is 1.59 bits per heavy atom. The van der Waals surface area contributed by atoms with Crippen LogP contribution < -0.4 is 0 Å². The van der Waals surface area contributed by atoms with Crippen molar-refractivity contribution >= 4 is 5.78 Å². The summed E-state index contributed by atoms with van der Waals surface area (Å²) < 4.78 is 6.65. The van der Waals surface area contributed by atoms with Gasteiger partial charge in [0.1, 0.15) is 5.78 Å². The molecule has 1 aliphatic heterocycles. The van der Waals surface area contributed by atoms with E-state index in [0.717, 1.165) is 43.6 Å². The van der Waals surface area contributed by atoms with Crippen LogP contribution in [0.25, 0.3) is 0 Å². The van der Waals surface area contributed by atoms with Gasteiger partial charge < -0.3 is 4.74 Å². The Balaban J connectivity index is 1.42. The molecular formula is C27H42O2. The zero-order chi connectivity index (χ0) is 20.4. The predicted molar refractivity (Wildman–Crippen MR) is 115 cm³/mol. The third-order valence-corrected chi connectivity index (χ3v) is 12.7. The second-order valence-corrected chi connectivity index (χ2v) is 13.7. The van der Waals surface area contributed by atoms with E-state index in [2.05, 4.69) is 34.6 Å². The first-order valence-corrected chi connectivity index (χ1v) is 12.7. The van der Waals surface area contributed by atoms with Crippen molar-refractivity contribution in [1.82, 2.24) is 0 Å². The van der Waals surface area contributed by atoms with E-state index in [1.165, 1.54) is 44.9 Å². The first kappa shape index (κ1) is 19.3. The molecule has 162 valence electrons. The van der Waals surface area contributed by atoms with Crippen LogP contribution in [0.15, 0.2) is 0 Å². The van der Waals surface area contributed by atoms with E-state index < -0.39 is 0 Å². The van der Waals surface area contributed by atoms with E-state index >= 15 is 0 Å². The second kappa shape index (κ2) is 5.51. The molecule has 0 spiro atoms. The molecule has 29 heavy (non-hydrogen) atoms. The van der Waals surface area contributed by atoms with Gasteiger partial charge >= 0.3 is 0 Å². The zero-order valence-electron chi connectivity index (χ0n) is 19.5. The summed E-state index contributed by atoms with van der Waals surface area (Å²) in [6, 6.07) is 0. The lowest BCUT2D eigenvalue weighted by Gasteiger charge is -2.70. The van der Waals surface area contributed by atoms with E-state index in [4.69, 9.17) is 4.74 Å². The average Bonchev–Trinajstić information content (AvgIpc) is 3.16. The third kappa shape index (κ3) is 2.07. The largest absolute Gasteiger partial charge is 0.377 e. The van der Waals surface area contributed by atoms with Crippen LogP contribution in [0.4, 0.5) is 0 Å².